The molecule has 1 heterocycles. The number of aliphatic carboxylic acids is 1. The molecule has 1 saturated carbocycles. The molecule has 3 atom stereocenters. The number of carboxylic acid groups (broad SMARTS) is 1. The third-order valence-corrected chi connectivity index (χ3v) is 4.70. The Labute approximate surface area is 122 Å². The van der Waals surface area contributed by atoms with Crippen LogP contribution in [0.4, 0.5) is 4.39 Å². The summed E-state index contributed by atoms with van der Waals surface area (Å²) in [7, 11) is 0. The van der Waals surface area contributed by atoms with Gasteiger partial charge in [-0.3, -0.25) is 4.79 Å². The number of nitrogens with zero attached hydrogens (tertiary/aromatic N) is 1. The molecule has 2 fully saturated rings. The summed E-state index contributed by atoms with van der Waals surface area (Å²) in [6.45, 7) is 0. The summed E-state index contributed by atoms with van der Waals surface area (Å²) in [4.78, 5) is 25.7. The molecule has 1 aliphatic heterocycles. The molecule has 4 nitrogen and oxygen atoms in total. The van der Waals surface area contributed by atoms with E-state index in [4.69, 9.17) is 0 Å². The average Bonchev–Trinajstić information content (AvgIpc) is 2.87. The van der Waals surface area contributed by atoms with Crippen molar-refractivity contribution in [2.75, 3.05) is 0 Å². The first-order valence-electron chi connectivity index (χ1n) is 7.39. The van der Waals surface area contributed by atoms with Crippen molar-refractivity contribution in [2.45, 2.75) is 44.2 Å². The zero-order chi connectivity index (χ0) is 15.0. The van der Waals surface area contributed by atoms with E-state index in [1.807, 2.05) is 0 Å². The van der Waals surface area contributed by atoms with E-state index >= 15 is 0 Å². The lowest BCUT2D eigenvalue weighted by Gasteiger charge is -2.33. The van der Waals surface area contributed by atoms with Crippen molar-refractivity contribution in [1.29, 1.82) is 0 Å². The second-order valence-corrected chi connectivity index (χ2v) is 5.92. The Balaban J connectivity index is 1.90. The van der Waals surface area contributed by atoms with Crippen molar-refractivity contribution >= 4 is 11.9 Å². The number of halogens is 1. The van der Waals surface area contributed by atoms with Crippen LogP contribution < -0.4 is 0 Å². The normalized spacial score (nSPS) is 28.2. The molecule has 112 valence electrons. The van der Waals surface area contributed by atoms with Crippen molar-refractivity contribution in [2.24, 2.45) is 5.92 Å². The number of amides is 1. The van der Waals surface area contributed by atoms with E-state index in [0.717, 1.165) is 25.7 Å². The van der Waals surface area contributed by atoms with Crippen molar-refractivity contribution < 1.29 is 19.1 Å². The third kappa shape index (κ3) is 2.52. The van der Waals surface area contributed by atoms with Crippen LogP contribution >= 0.6 is 0 Å². The van der Waals surface area contributed by atoms with E-state index in [9.17, 15) is 19.1 Å². The molecule has 0 radical (unpaired) electrons. The van der Waals surface area contributed by atoms with Gasteiger partial charge in [-0.1, -0.05) is 12.8 Å². The zero-order valence-corrected chi connectivity index (χ0v) is 11.7. The first kappa shape index (κ1) is 14.0. The zero-order valence-electron chi connectivity index (χ0n) is 11.7. The van der Waals surface area contributed by atoms with Gasteiger partial charge in [-0.25, -0.2) is 9.18 Å². The van der Waals surface area contributed by atoms with Crippen LogP contribution in [0.5, 0.6) is 0 Å². The van der Waals surface area contributed by atoms with E-state index < -0.39 is 17.8 Å². The number of carbonyl (C=O) groups excluding carboxylic acids is 1. The fraction of sp³-hybridized carbons (Fsp3) is 0.500. The Kier molecular flexibility index (Phi) is 3.66. The molecule has 21 heavy (non-hydrogen) atoms. The Morgan fingerprint density at radius 3 is 2.48 bits per heavy atom. The van der Waals surface area contributed by atoms with Gasteiger partial charge in [0.25, 0.3) is 5.91 Å². The summed E-state index contributed by atoms with van der Waals surface area (Å²) in [6, 6.07) is 4.57. The maximum Gasteiger partial charge on any atom is 0.326 e. The van der Waals surface area contributed by atoms with Crippen LogP contribution in [0.2, 0.25) is 0 Å². The van der Waals surface area contributed by atoms with Gasteiger partial charge in [-0.05, 0) is 49.4 Å². The van der Waals surface area contributed by atoms with E-state index in [2.05, 4.69) is 0 Å². The molecule has 0 aromatic heterocycles. The lowest BCUT2D eigenvalue weighted by molar-refractivity contribution is -0.141. The summed E-state index contributed by atoms with van der Waals surface area (Å²) < 4.78 is 13.0. The summed E-state index contributed by atoms with van der Waals surface area (Å²) in [6.07, 6.45) is 4.52. The summed E-state index contributed by atoms with van der Waals surface area (Å²) in [5, 5.41) is 9.42. The number of benzene rings is 1. The molecule has 2 aliphatic rings. The molecule has 0 unspecified atom stereocenters. The Morgan fingerprint density at radius 2 is 1.81 bits per heavy atom. The monoisotopic (exact) mass is 291 g/mol. The Hall–Kier alpha value is -1.91. The predicted molar refractivity (Wildman–Crippen MR) is 74.4 cm³/mol. The highest BCUT2D eigenvalue weighted by molar-refractivity contribution is 5.97. The SMILES string of the molecule is O=C(O)[C@@H]1C[C@@H]2CCCC[C@H]2N1C(=O)c1ccc(F)cc1. The summed E-state index contributed by atoms with van der Waals surface area (Å²) in [5.41, 5.74) is 0.355. The Morgan fingerprint density at radius 1 is 1.14 bits per heavy atom. The summed E-state index contributed by atoms with van der Waals surface area (Å²) >= 11 is 0. The van der Waals surface area contributed by atoms with Gasteiger partial charge in [0.15, 0.2) is 0 Å². The fourth-order valence-electron chi connectivity index (χ4n) is 3.71. The smallest absolute Gasteiger partial charge is 0.326 e. The standard InChI is InChI=1S/C16H18FNO3/c17-12-7-5-10(6-8-12)15(19)18-13-4-2-1-3-11(13)9-14(18)16(20)21/h5-8,11,13-14H,1-4,9H2,(H,20,21)/t11-,13+,14-/m0/s1. The number of hydrogen-bond donors (Lipinski definition) is 1. The van der Waals surface area contributed by atoms with Gasteiger partial charge in [0.05, 0.1) is 0 Å². The highest BCUT2D eigenvalue weighted by atomic mass is 19.1. The second kappa shape index (κ2) is 5.47. The maximum atomic E-state index is 13.0. The van der Waals surface area contributed by atoms with E-state index in [1.165, 1.54) is 29.2 Å². The van der Waals surface area contributed by atoms with Crippen LogP contribution in [0.25, 0.3) is 0 Å². The molecule has 3 rings (SSSR count). The van der Waals surface area contributed by atoms with Crippen LogP contribution in [0.3, 0.4) is 0 Å². The third-order valence-electron chi connectivity index (χ3n) is 4.70. The van der Waals surface area contributed by atoms with Crippen LogP contribution in [0.15, 0.2) is 24.3 Å². The van der Waals surface area contributed by atoms with Gasteiger partial charge < -0.3 is 10.0 Å². The molecule has 0 bridgehead atoms. The first-order valence-corrected chi connectivity index (χ1v) is 7.39. The topological polar surface area (TPSA) is 57.6 Å². The quantitative estimate of drug-likeness (QED) is 0.911. The molecule has 1 aliphatic carbocycles. The summed E-state index contributed by atoms with van der Waals surface area (Å²) in [5.74, 6) is -1.36. The van der Waals surface area contributed by atoms with Crippen molar-refractivity contribution in [3.63, 3.8) is 0 Å². The van der Waals surface area contributed by atoms with Crippen LogP contribution in [0.1, 0.15) is 42.5 Å². The van der Waals surface area contributed by atoms with Crippen LogP contribution in [0, 0.1) is 11.7 Å². The molecular formula is C16H18FNO3. The molecule has 1 saturated heterocycles. The van der Waals surface area contributed by atoms with Gasteiger partial charge in [0, 0.05) is 11.6 Å². The average molecular weight is 291 g/mol. The number of carbonyl (C=O) groups is 2. The number of likely N-dealkylation sites (tertiary alicyclic amines) is 1. The molecule has 1 N–H and O–H groups in total. The largest absolute Gasteiger partial charge is 0.480 e. The van der Waals surface area contributed by atoms with Gasteiger partial charge in [-0.15, -0.1) is 0 Å². The van der Waals surface area contributed by atoms with Crippen LogP contribution in [-0.2, 0) is 4.79 Å². The number of rotatable bonds is 2. The number of fused-ring (bicyclic) bond motifs is 1. The first-order chi connectivity index (χ1) is 10.1. The van der Waals surface area contributed by atoms with Gasteiger partial charge in [0.1, 0.15) is 11.9 Å². The molecular weight excluding hydrogens is 273 g/mol. The predicted octanol–water partition coefficient (Wildman–Crippen LogP) is 2.68. The van der Waals surface area contributed by atoms with E-state index in [0.29, 0.717) is 12.0 Å². The van der Waals surface area contributed by atoms with Crippen molar-refractivity contribution in [1.82, 2.24) is 4.90 Å². The van der Waals surface area contributed by atoms with Gasteiger partial charge >= 0.3 is 5.97 Å². The van der Waals surface area contributed by atoms with E-state index in [1.54, 1.807) is 0 Å². The minimum absolute atomic E-state index is 0.0115. The molecule has 5 heteroatoms. The van der Waals surface area contributed by atoms with Gasteiger partial charge in [-0.2, -0.15) is 0 Å². The van der Waals surface area contributed by atoms with Crippen LogP contribution in [-0.4, -0.2) is 34.0 Å². The number of hydrogen-bond acceptors (Lipinski definition) is 2. The Bertz CT molecular complexity index is 557. The van der Waals surface area contributed by atoms with Crippen molar-refractivity contribution in [3.05, 3.63) is 35.6 Å². The highest BCUT2D eigenvalue weighted by Crippen LogP contribution is 2.40. The fourth-order valence-corrected chi connectivity index (χ4v) is 3.71. The molecule has 1 amide bonds. The molecule has 1 aromatic rings. The minimum Gasteiger partial charge on any atom is -0.480 e. The van der Waals surface area contributed by atoms with E-state index in [-0.39, 0.29) is 17.9 Å². The molecule has 1 aromatic carbocycles. The maximum absolute atomic E-state index is 13.0. The highest BCUT2D eigenvalue weighted by Gasteiger charge is 2.47. The molecule has 0 spiro atoms. The van der Waals surface area contributed by atoms with Crippen molar-refractivity contribution in [3.8, 4) is 0 Å². The second-order valence-electron chi connectivity index (χ2n) is 5.92. The lowest BCUT2D eigenvalue weighted by Crippen LogP contribution is -2.46. The minimum atomic E-state index is -0.945. The number of carboxylic acids is 1. The van der Waals surface area contributed by atoms with Gasteiger partial charge in [0.2, 0.25) is 0 Å². The lowest BCUT2D eigenvalue weighted by atomic mass is 9.84.